The van der Waals surface area contributed by atoms with Gasteiger partial charge in [-0.15, -0.1) is 0 Å². The molecule has 1 aliphatic rings. The van der Waals surface area contributed by atoms with Gasteiger partial charge in [0.2, 0.25) is 0 Å². The van der Waals surface area contributed by atoms with E-state index < -0.39 is 11.9 Å². The molecular weight excluding hydrogens is 414 g/mol. The van der Waals surface area contributed by atoms with Gasteiger partial charge in [-0.05, 0) is 67.7 Å². The summed E-state index contributed by atoms with van der Waals surface area (Å²) < 4.78 is 0. The average molecular weight is 430 g/mol. The Bertz CT molecular complexity index is 1010. The first kappa shape index (κ1) is 20.4. The van der Waals surface area contributed by atoms with Gasteiger partial charge < -0.3 is 10.4 Å². The number of hydrazone groups is 2. The molecule has 148 valence electrons. The van der Waals surface area contributed by atoms with E-state index >= 15 is 0 Å². The lowest BCUT2D eigenvalue weighted by Gasteiger charge is -2.12. The molecule has 1 amide bonds. The molecule has 29 heavy (non-hydrogen) atoms. The van der Waals surface area contributed by atoms with E-state index in [1.165, 1.54) is 23.4 Å². The van der Waals surface area contributed by atoms with Crippen LogP contribution in [0.3, 0.4) is 0 Å². The number of anilines is 2. The molecular formula is C19H16ClN5O3S. The molecule has 0 radical (unpaired) electrons. The van der Waals surface area contributed by atoms with E-state index in [0.717, 1.165) is 0 Å². The summed E-state index contributed by atoms with van der Waals surface area (Å²) in [6, 6.07) is 12.9. The summed E-state index contributed by atoms with van der Waals surface area (Å²) in [5, 5.41) is 22.1. The maximum absolute atomic E-state index is 12.6. The number of carboxylic acid groups (broad SMARTS) is 1. The zero-order valence-corrected chi connectivity index (χ0v) is 16.7. The van der Waals surface area contributed by atoms with Crippen molar-refractivity contribution >= 4 is 64.1 Å². The highest BCUT2D eigenvalue weighted by Gasteiger charge is 2.33. The van der Waals surface area contributed by atoms with Gasteiger partial charge in [0.05, 0.1) is 17.0 Å². The summed E-state index contributed by atoms with van der Waals surface area (Å²) in [6.07, 6.45) is 1.43. The quantitative estimate of drug-likeness (QED) is 0.382. The first-order valence-electron chi connectivity index (χ1n) is 8.43. The van der Waals surface area contributed by atoms with Gasteiger partial charge in [-0.2, -0.15) is 15.2 Å². The van der Waals surface area contributed by atoms with E-state index in [1.54, 1.807) is 43.3 Å². The third-order valence-electron chi connectivity index (χ3n) is 4.03. The van der Waals surface area contributed by atoms with E-state index in [-0.39, 0.29) is 16.6 Å². The highest BCUT2D eigenvalue weighted by molar-refractivity contribution is 7.80. The molecule has 8 nitrogen and oxygen atoms in total. The Hall–Kier alpha value is -3.30. The minimum Gasteiger partial charge on any atom is -0.478 e. The lowest BCUT2D eigenvalue weighted by atomic mass is 10.1. The molecule has 3 N–H and O–H groups in total. The Morgan fingerprint density at radius 3 is 2.52 bits per heavy atom. The van der Waals surface area contributed by atoms with E-state index in [0.29, 0.717) is 22.1 Å². The molecule has 1 heterocycles. The number of thiocarbonyl (C=S) groups is 1. The zero-order valence-electron chi connectivity index (χ0n) is 15.2. The van der Waals surface area contributed by atoms with Crippen molar-refractivity contribution in [3.8, 4) is 0 Å². The molecule has 2 aromatic rings. The number of hydrogen-bond acceptors (Lipinski definition) is 5. The maximum Gasteiger partial charge on any atom is 0.335 e. The summed E-state index contributed by atoms with van der Waals surface area (Å²) in [7, 11) is 0. The number of carboxylic acids is 1. The van der Waals surface area contributed by atoms with Crippen LogP contribution in [0.25, 0.3) is 0 Å². The number of nitrogens with one attached hydrogen (secondary N) is 2. The molecule has 0 saturated heterocycles. The number of hydrogen-bond donors (Lipinski definition) is 3. The van der Waals surface area contributed by atoms with Crippen LogP contribution in [-0.4, -0.2) is 34.0 Å². The Balaban J connectivity index is 1.57. The number of carbonyl (C=O) groups is 2. The van der Waals surface area contributed by atoms with Gasteiger partial charge in [-0.1, -0.05) is 11.6 Å². The van der Waals surface area contributed by atoms with Crippen LogP contribution in [0.5, 0.6) is 0 Å². The standard InChI is InChI=1S/C19H16ClN5O3S/c1-11-16(17(26)25(24-11)15-8-4-13(20)5-9-15)10-21-23-19(29)22-14-6-2-12(3-7-14)18(27)28/h2-10,16H,1H3,(H,27,28)(H2,22,23,29)/b21-10+. The molecule has 10 heteroatoms. The minimum absolute atomic E-state index is 0.173. The smallest absolute Gasteiger partial charge is 0.335 e. The fourth-order valence-corrected chi connectivity index (χ4v) is 2.84. The molecule has 1 atom stereocenters. The molecule has 1 aliphatic heterocycles. The number of halogens is 1. The van der Waals surface area contributed by atoms with Crippen molar-refractivity contribution < 1.29 is 14.7 Å². The molecule has 0 bridgehead atoms. The summed E-state index contributed by atoms with van der Waals surface area (Å²) in [4.78, 5) is 23.5. The first-order chi connectivity index (χ1) is 13.8. The van der Waals surface area contributed by atoms with Gasteiger partial charge in [0, 0.05) is 16.9 Å². The van der Waals surface area contributed by atoms with Crippen LogP contribution in [0, 0.1) is 5.92 Å². The summed E-state index contributed by atoms with van der Waals surface area (Å²) in [5.74, 6) is -1.86. The second-order valence-corrected chi connectivity index (χ2v) is 6.92. The lowest BCUT2D eigenvalue weighted by Crippen LogP contribution is -2.29. The third-order valence-corrected chi connectivity index (χ3v) is 4.48. The monoisotopic (exact) mass is 429 g/mol. The van der Waals surface area contributed by atoms with Gasteiger partial charge in [0.1, 0.15) is 5.92 Å². The molecule has 2 aromatic carbocycles. The topological polar surface area (TPSA) is 106 Å². The number of carbonyl (C=O) groups excluding carboxylic acids is 1. The molecule has 0 aromatic heterocycles. The van der Waals surface area contributed by atoms with Crippen molar-refractivity contribution in [3.63, 3.8) is 0 Å². The van der Waals surface area contributed by atoms with E-state index in [9.17, 15) is 9.59 Å². The molecule has 3 rings (SSSR count). The SMILES string of the molecule is CC1=NN(c2ccc(Cl)cc2)C(=O)C1/C=N/NC(=S)Nc1ccc(C(=O)O)cc1. The van der Waals surface area contributed by atoms with Crippen molar-refractivity contribution in [1.29, 1.82) is 0 Å². The number of aromatic carboxylic acids is 1. The average Bonchev–Trinajstić information content (AvgIpc) is 2.97. The van der Waals surface area contributed by atoms with Gasteiger partial charge in [-0.25, -0.2) is 4.79 Å². The van der Waals surface area contributed by atoms with Crippen molar-refractivity contribution in [2.24, 2.45) is 16.1 Å². The largest absolute Gasteiger partial charge is 0.478 e. The highest BCUT2D eigenvalue weighted by atomic mass is 35.5. The molecule has 0 spiro atoms. The number of rotatable bonds is 5. The van der Waals surface area contributed by atoms with Crippen molar-refractivity contribution in [1.82, 2.24) is 5.43 Å². The Labute approximate surface area is 176 Å². The van der Waals surface area contributed by atoms with Crippen LogP contribution in [0.4, 0.5) is 11.4 Å². The van der Waals surface area contributed by atoms with Crippen LogP contribution in [0.15, 0.2) is 58.7 Å². The van der Waals surface area contributed by atoms with Crippen molar-refractivity contribution in [3.05, 3.63) is 59.1 Å². The second-order valence-electron chi connectivity index (χ2n) is 6.07. The second kappa shape index (κ2) is 8.80. The predicted molar refractivity (Wildman–Crippen MR) is 117 cm³/mol. The minimum atomic E-state index is -1.01. The van der Waals surface area contributed by atoms with Crippen molar-refractivity contribution in [2.45, 2.75) is 6.92 Å². The Morgan fingerprint density at radius 2 is 1.90 bits per heavy atom. The van der Waals surface area contributed by atoms with Crippen molar-refractivity contribution in [2.75, 3.05) is 10.3 Å². The fraction of sp³-hybridized carbons (Fsp3) is 0.105. The number of amides is 1. The zero-order chi connectivity index (χ0) is 21.0. The van der Waals surface area contributed by atoms with Gasteiger partial charge in [-0.3, -0.25) is 10.2 Å². The fourth-order valence-electron chi connectivity index (χ4n) is 2.54. The van der Waals surface area contributed by atoms with Gasteiger partial charge >= 0.3 is 5.97 Å². The predicted octanol–water partition coefficient (Wildman–Crippen LogP) is 3.35. The molecule has 1 unspecified atom stereocenters. The Kier molecular flexibility index (Phi) is 6.20. The first-order valence-corrected chi connectivity index (χ1v) is 9.22. The summed E-state index contributed by atoms with van der Waals surface area (Å²) in [6.45, 7) is 1.74. The van der Waals surface area contributed by atoms with Crippen LogP contribution < -0.4 is 15.8 Å². The van der Waals surface area contributed by atoms with Crippen LogP contribution in [0.1, 0.15) is 17.3 Å². The van der Waals surface area contributed by atoms with Gasteiger partial charge in [0.15, 0.2) is 5.11 Å². The third kappa shape index (κ3) is 4.95. The highest BCUT2D eigenvalue weighted by Crippen LogP contribution is 2.24. The van der Waals surface area contributed by atoms with E-state index in [4.69, 9.17) is 28.9 Å². The molecule has 0 fully saturated rings. The van der Waals surface area contributed by atoms with Crippen LogP contribution in [-0.2, 0) is 4.79 Å². The van der Waals surface area contributed by atoms with Gasteiger partial charge in [0.25, 0.3) is 5.91 Å². The van der Waals surface area contributed by atoms with Crippen LogP contribution >= 0.6 is 23.8 Å². The lowest BCUT2D eigenvalue weighted by molar-refractivity contribution is -0.118. The summed E-state index contributed by atoms with van der Waals surface area (Å²) in [5.41, 5.74) is 4.62. The summed E-state index contributed by atoms with van der Waals surface area (Å²) >= 11 is 11.0. The van der Waals surface area contributed by atoms with E-state index in [2.05, 4.69) is 20.9 Å². The van der Waals surface area contributed by atoms with Crippen LogP contribution in [0.2, 0.25) is 5.02 Å². The van der Waals surface area contributed by atoms with E-state index in [1.807, 2.05) is 0 Å². The molecule has 0 saturated carbocycles. The number of nitrogens with zero attached hydrogens (tertiary/aromatic N) is 3. The normalized spacial score (nSPS) is 16.1. The molecule has 0 aliphatic carbocycles. The Morgan fingerprint density at radius 1 is 1.24 bits per heavy atom. The maximum atomic E-state index is 12.6. The number of benzene rings is 2.